The molecule has 0 bridgehead atoms. The Labute approximate surface area is 387 Å². The highest BCUT2D eigenvalue weighted by atomic mass is 32.2. The van der Waals surface area contributed by atoms with Gasteiger partial charge < -0.3 is 50.3 Å². The van der Waals surface area contributed by atoms with Gasteiger partial charge in [-0.3, -0.25) is 9.11 Å². The van der Waals surface area contributed by atoms with E-state index in [4.69, 9.17) is 9.47 Å². The van der Waals surface area contributed by atoms with Crippen molar-refractivity contribution in [1.29, 1.82) is 0 Å². The fourth-order valence-electron chi connectivity index (χ4n) is 7.28. The molecular weight excluding hydrogens is 893 g/mol. The lowest BCUT2D eigenvalue weighted by Gasteiger charge is -2.27. The van der Waals surface area contributed by atoms with Crippen LogP contribution in [0.15, 0.2) is 46.2 Å². The van der Waals surface area contributed by atoms with Crippen LogP contribution in [0.1, 0.15) is 51.7 Å². The first-order valence-corrected chi connectivity index (χ1v) is 25.2. The summed E-state index contributed by atoms with van der Waals surface area (Å²) in [5.41, 5.74) is 0.552. The minimum absolute atomic E-state index is 0.0321. The van der Waals surface area contributed by atoms with Crippen molar-refractivity contribution in [2.45, 2.75) is 50.3 Å². The number of aromatic nitrogens is 6. The first kappa shape index (κ1) is 50.1. The maximum absolute atomic E-state index is 12.8. The Morgan fingerprint density at radius 3 is 1.29 bits per heavy atom. The van der Waals surface area contributed by atoms with E-state index in [1.54, 1.807) is 12.1 Å². The van der Waals surface area contributed by atoms with Gasteiger partial charge in [-0.05, 0) is 87.5 Å². The van der Waals surface area contributed by atoms with Crippen LogP contribution < -0.4 is 31.1 Å². The zero-order chi connectivity index (χ0) is 47.1. The topological polar surface area (TPSA) is 266 Å². The van der Waals surface area contributed by atoms with Gasteiger partial charge in [-0.15, -0.1) is 0 Å². The number of hydrogen-bond donors (Lipinski definition) is 6. The molecule has 2 aromatic heterocycles. The Morgan fingerprint density at radius 2 is 0.939 bits per heavy atom. The number of rotatable bonds is 24. The third kappa shape index (κ3) is 14.6. The van der Waals surface area contributed by atoms with Gasteiger partial charge in [-0.1, -0.05) is 52.0 Å². The second kappa shape index (κ2) is 23.9. The minimum atomic E-state index is -4.82. The van der Waals surface area contributed by atoms with Gasteiger partial charge in [-0.2, -0.15) is 46.7 Å². The average Bonchev–Trinajstić information content (AvgIpc) is 3.31. The molecule has 0 amide bonds. The predicted octanol–water partition coefficient (Wildman–Crippen LogP) is 4.17. The van der Waals surface area contributed by atoms with E-state index in [1.165, 1.54) is 36.4 Å². The molecule has 0 unspecified atom stereocenters. The van der Waals surface area contributed by atoms with Crippen molar-refractivity contribution in [2.24, 2.45) is 0 Å². The lowest BCUT2D eigenvalue weighted by molar-refractivity contribution is 0.122. The van der Waals surface area contributed by atoms with Gasteiger partial charge in [-0.25, -0.2) is 0 Å². The first-order valence-electron chi connectivity index (χ1n) is 22.3. The van der Waals surface area contributed by atoms with Crippen molar-refractivity contribution in [1.82, 2.24) is 39.7 Å². The van der Waals surface area contributed by atoms with Gasteiger partial charge in [0, 0.05) is 50.6 Å². The molecule has 2 saturated heterocycles. The molecule has 4 aromatic rings. The molecule has 2 fully saturated rings. The summed E-state index contributed by atoms with van der Waals surface area (Å²) in [6.45, 7) is 19.6. The van der Waals surface area contributed by atoms with Crippen LogP contribution in [0.5, 0.6) is 0 Å². The van der Waals surface area contributed by atoms with Gasteiger partial charge in [0.1, 0.15) is 9.79 Å². The molecule has 24 heteroatoms. The van der Waals surface area contributed by atoms with Crippen LogP contribution in [-0.4, -0.2) is 171 Å². The third-order valence-corrected chi connectivity index (χ3v) is 12.8. The molecule has 2 aliphatic heterocycles. The van der Waals surface area contributed by atoms with Crippen molar-refractivity contribution >= 4 is 79.5 Å². The summed E-state index contributed by atoms with van der Waals surface area (Å²) in [7, 11) is -9.64. The van der Waals surface area contributed by atoms with E-state index in [2.05, 4.69) is 88.7 Å². The molecule has 6 N–H and O–H groups in total. The Kier molecular flexibility index (Phi) is 18.1. The van der Waals surface area contributed by atoms with E-state index >= 15 is 0 Å². The first-order chi connectivity index (χ1) is 31.8. The standard InChI is InChI=1S/C42H62N14O8S2/c1-5-53(6-2)19-9-17-43-37-47-39(51-41(49-37)55-21-25-63-26-22-55)45-33-15-13-31(35(29-33)65(57,58)59)11-12-32-14-16-34(30-36(32)66(60,61)62)46-40-48-38(44-18-10-20-54(7-3)8-4)50-42(52-40)56-23-27-64-28-24-56/h11-16,29-30H,5-10,17-28H2,1-4H3,(H,57,58,59)(H,60,61,62)(H2,43,45,47,49,51)(H2,44,46,48,50,52)/b12-11+. The fraction of sp³-hybridized carbons (Fsp3) is 0.524. The van der Waals surface area contributed by atoms with E-state index in [9.17, 15) is 25.9 Å². The van der Waals surface area contributed by atoms with Crippen LogP contribution in [0.2, 0.25) is 0 Å². The average molecular weight is 955 g/mol. The van der Waals surface area contributed by atoms with Gasteiger partial charge >= 0.3 is 0 Å². The zero-order valence-corrected chi connectivity index (χ0v) is 39.6. The van der Waals surface area contributed by atoms with Crippen LogP contribution in [0, 0.1) is 0 Å². The lowest BCUT2D eigenvalue weighted by atomic mass is 10.1. The molecule has 0 radical (unpaired) electrons. The number of ether oxygens (including phenoxy) is 2. The van der Waals surface area contributed by atoms with Crippen molar-refractivity contribution < 1.29 is 35.4 Å². The maximum atomic E-state index is 12.8. The molecule has 0 aliphatic carbocycles. The van der Waals surface area contributed by atoms with E-state index < -0.39 is 30.0 Å². The highest BCUT2D eigenvalue weighted by molar-refractivity contribution is 7.86. The summed E-state index contributed by atoms with van der Waals surface area (Å²) in [5.74, 6) is 1.78. The van der Waals surface area contributed by atoms with Gasteiger partial charge in [0.25, 0.3) is 20.2 Å². The molecule has 6 rings (SSSR count). The molecule has 2 aromatic carbocycles. The fourth-order valence-corrected chi connectivity index (χ4v) is 8.70. The normalized spacial score (nSPS) is 14.9. The van der Waals surface area contributed by atoms with Crippen molar-refractivity contribution in [2.75, 3.05) is 136 Å². The van der Waals surface area contributed by atoms with Crippen LogP contribution in [0.4, 0.5) is 47.1 Å². The van der Waals surface area contributed by atoms with Gasteiger partial charge in [0.05, 0.1) is 26.4 Å². The maximum Gasteiger partial charge on any atom is 0.295 e. The number of morpholine rings is 2. The number of hydrogen-bond acceptors (Lipinski definition) is 20. The molecule has 2 aliphatic rings. The number of nitrogens with one attached hydrogen (secondary N) is 4. The van der Waals surface area contributed by atoms with Crippen molar-refractivity contribution in [3.05, 3.63) is 47.5 Å². The number of benzene rings is 2. The third-order valence-electron chi connectivity index (χ3n) is 11.0. The van der Waals surface area contributed by atoms with E-state index in [-0.39, 0.29) is 34.4 Å². The SMILES string of the molecule is CCN(CC)CCCNc1nc(Nc2ccc(/C=C/c3ccc(Nc4nc(NCCCN(CC)CC)nc(N5CCOCC5)n4)cc3S(=O)(=O)O)c(S(=O)(=O)O)c2)nc(N2CCOCC2)n1. The zero-order valence-electron chi connectivity index (χ0n) is 38.0. The monoisotopic (exact) mass is 954 g/mol. The summed E-state index contributed by atoms with van der Waals surface area (Å²) in [6.07, 6.45) is 4.36. The Hall–Kier alpha value is -5.34. The molecule has 0 spiro atoms. The van der Waals surface area contributed by atoms with E-state index in [0.717, 1.165) is 52.1 Å². The summed E-state index contributed by atoms with van der Waals surface area (Å²) in [4.78, 5) is 35.2. The number of nitrogens with zero attached hydrogens (tertiary/aromatic N) is 10. The lowest BCUT2D eigenvalue weighted by Crippen LogP contribution is -2.37. The number of anilines is 8. The van der Waals surface area contributed by atoms with Crippen LogP contribution in [0.25, 0.3) is 12.2 Å². The summed E-state index contributed by atoms with van der Waals surface area (Å²) >= 11 is 0. The predicted molar refractivity (Wildman–Crippen MR) is 256 cm³/mol. The largest absolute Gasteiger partial charge is 0.378 e. The molecule has 0 saturated carbocycles. The highest BCUT2D eigenvalue weighted by Crippen LogP contribution is 2.29. The molecule has 4 heterocycles. The Morgan fingerprint density at radius 1 is 0.576 bits per heavy atom. The molecule has 22 nitrogen and oxygen atoms in total. The highest BCUT2D eigenvalue weighted by Gasteiger charge is 2.22. The van der Waals surface area contributed by atoms with E-state index in [0.29, 0.717) is 89.5 Å². The van der Waals surface area contributed by atoms with Crippen LogP contribution in [0.3, 0.4) is 0 Å². The van der Waals surface area contributed by atoms with Crippen LogP contribution in [-0.2, 0) is 29.7 Å². The second-order valence-corrected chi connectivity index (χ2v) is 18.2. The van der Waals surface area contributed by atoms with Crippen LogP contribution >= 0.6 is 0 Å². The molecule has 360 valence electrons. The molecular formula is C42H62N14O8S2. The quantitative estimate of drug-likeness (QED) is 0.0327. The summed E-state index contributed by atoms with van der Waals surface area (Å²) in [6, 6.07) is 8.43. The second-order valence-electron chi connectivity index (χ2n) is 15.4. The molecule has 0 atom stereocenters. The smallest absolute Gasteiger partial charge is 0.295 e. The van der Waals surface area contributed by atoms with Crippen molar-refractivity contribution in [3.63, 3.8) is 0 Å². The summed E-state index contributed by atoms with van der Waals surface area (Å²) < 4.78 is 82.9. The molecule has 66 heavy (non-hydrogen) atoms. The van der Waals surface area contributed by atoms with Gasteiger partial charge in [0.15, 0.2) is 0 Å². The Bertz CT molecular complexity index is 2300. The van der Waals surface area contributed by atoms with Gasteiger partial charge in [0.2, 0.25) is 35.7 Å². The summed E-state index contributed by atoms with van der Waals surface area (Å²) in [5, 5.41) is 12.7. The van der Waals surface area contributed by atoms with Crippen molar-refractivity contribution in [3.8, 4) is 0 Å². The minimum Gasteiger partial charge on any atom is -0.378 e. The van der Waals surface area contributed by atoms with E-state index in [1.807, 2.05) is 9.80 Å². The Balaban J connectivity index is 1.23.